The quantitative estimate of drug-likeness (QED) is 0.610. The van der Waals surface area contributed by atoms with Gasteiger partial charge < -0.3 is 30.8 Å². The number of rotatable bonds is 5. The number of aliphatic hydroxyl groups is 1. The van der Waals surface area contributed by atoms with E-state index in [-0.39, 0.29) is 28.3 Å². The Morgan fingerprint density at radius 2 is 2.08 bits per heavy atom. The Morgan fingerprint density at radius 1 is 1.42 bits per heavy atom. The maximum atomic E-state index is 11.9. The normalized spacial score (nSPS) is 17.8. The number of aliphatic hydroxyl groups excluding tert-OH is 1. The predicted octanol–water partition coefficient (Wildman–Crippen LogP) is -1.08. The number of nitrogens with two attached hydrogens (primary N) is 2. The highest BCUT2D eigenvalue weighted by atomic mass is 35.5. The fourth-order valence-electron chi connectivity index (χ4n) is 2.08. The van der Waals surface area contributed by atoms with Crippen LogP contribution in [0.2, 0.25) is 5.02 Å². The Hall–Kier alpha value is -1.97. The first kappa shape index (κ1) is 20.1. The van der Waals surface area contributed by atoms with Gasteiger partial charge in [-0.3, -0.25) is 4.79 Å². The number of aliphatic carboxylic acids is 1. The van der Waals surface area contributed by atoms with Crippen molar-refractivity contribution in [3.8, 4) is 5.75 Å². The Kier molecular flexibility index (Phi) is 7.83. The number of primary amides is 1. The highest BCUT2D eigenvalue weighted by Gasteiger charge is 2.22. The standard InChI is InChI=1S/C9H7ClF2O4.C5H10N2O/c10-5-1-4(7(13)8(14)15)2-6(3-5)16-9(11)12;6-5(8)4-2-1-3-7-4/h1-3,7,9,13H,(H,14,15);4,7H,1-3H2,(H2,6,8)/t7-;4-/m00/s1. The Balaban J connectivity index is 0.000000300. The van der Waals surface area contributed by atoms with Gasteiger partial charge in [0.1, 0.15) is 11.9 Å². The van der Waals surface area contributed by atoms with Gasteiger partial charge in [0.2, 0.25) is 0 Å². The van der Waals surface area contributed by atoms with Crippen molar-refractivity contribution in [2.24, 2.45) is 5.73 Å². The van der Waals surface area contributed by atoms with Crippen LogP contribution < -0.4 is 20.9 Å². The number of carbonyl (C=O) groups excluding carboxylic acids is 2. The second-order valence-corrected chi connectivity index (χ2v) is 5.43. The highest BCUT2D eigenvalue weighted by molar-refractivity contribution is 6.30. The third-order valence-electron chi connectivity index (χ3n) is 3.19. The zero-order chi connectivity index (χ0) is 18.3. The lowest BCUT2D eigenvalue weighted by atomic mass is 10.1. The second kappa shape index (κ2) is 9.36. The monoisotopic (exact) mass is 366 g/mol. The summed E-state index contributed by atoms with van der Waals surface area (Å²) in [6.07, 6.45) is 0.155. The van der Waals surface area contributed by atoms with Gasteiger partial charge in [0.15, 0.2) is 6.04 Å². The maximum absolute atomic E-state index is 11.9. The summed E-state index contributed by atoms with van der Waals surface area (Å²) in [5.41, 5.74) is 4.84. The van der Waals surface area contributed by atoms with E-state index in [9.17, 15) is 23.5 Å². The highest BCUT2D eigenvalue weighted by Crippen LogP contribution is 2.26. The number of halogens is 3. The molecule has 0 aromatic heterocycles. The summed E-state index contributed by atoms with van der Waals surface area (Å²) in [4.78, 5) is 20.7. The first-order chi connectivity index (χ1) is 11.2. The second-order valence-electron chi connectivity index (χ2n) is 5.00. The molecular weight excluding hydrogens is 350 g/mol. The first-order valence-corrected chi connectivity index (χ1v) is 7.35. The average molecular weight is 367 g/mol. The summed E-state index contributed by atoms with van der Waals surface area (Å²) in [7, 11) is 0. The van der Waals surface area contributed by atoms with Crippen LogP contribution in [0.4, 0.5) is 8.78 Å². The third-order valence-corrected chi connectivity index (χ3v) is 3.41. The molecule has 5 N–H and O–H groups in total. The molecule has 0 aliphatic carbocycles. The van der Waals surface area contributed by atoms with E-state index in [1.807, 2.05) is 5.32 Å². The van der Waals surface area contributed by atoms with Crippen LogP contribution in [-0.2, 0) is 9.59 Å². The molecule has 7 nitrogen and oxygen atoms in total. The van der Waals surface area contributed by atoms with Crippen LogP contribution in [0, 0.1) is 0 Å². The number of carbonyl (C=O) groups is 2. The molecule has 0 radical (unpaired) electrons. The number of ether oxygens (including phenoxy) is 1. The van der Waals surface area contributed by atoms with Crippen LogP contribution in [0.1, 0.15) is 24.5 Å². The van der Waals surface area contributed by atoms with Crippen LogP contribution in [-0.4, -0.2) is 36.2 Å². The van der Waals surface area contributed by atoms with Gasteiger partial charge in [0.25, 0.3) is 5.91 Å². The van der Waals surface area contributed by atoms with E-state index in [0.717, 1.165) is 37.6 Å². The largest absolute Gasteiger partial charge is 0.547 e. The van der Waals surface area contributed by atoms with Crippen LogP contribution >= 0.6 is 11.6 Å². The summed E-state index contributed by atoms with van der Waals surface area (Å²) in [5, 5.41) is 21.4. The number of carboxylic acids is 1. The summed E-state index contributed by atoms with van der Waals surface area (Å²) >= 11 is 5.53. The molecule has 1 heterocycles. The molecule has 1 aliphatic heterocycles. The first-order valence-electron chi connectivity index (χ1n) is 6.97. The molecule has 2 atom stereocenters. The molecule has 10 heteroatoms. The van der Waals surface area contributed by atoms with Crippen LogP contribution in [0.5, 0.6) is 5.75 Å². The number of benzene rings is 1. The Bertz CT molecular complexity index is 582. The van der Waals surface area contributed by atoms with Crippen molar-refractivity contribution in [1.82, 2.24) is 0 Å². The average Bonchev–Trinajstić information content (AvgIpc) is 3.00. The smallest absolute Gasteiger partial charge is 0.387 e. The number of alkyl halides is 2. The number of hydrogen-bond acceptors (Lipinski definition) is 5. The SMILES string of the molecule is NC(=O)[C@@H]1CCC[NH2+]1.O=C([O-])[C@@H](O)c1cc(Cl)cc(OC(F)F)c1. The zero-order valence-electron chi connectivity index (χ0n) is 12.5. The lowest BCUT2D eigenvalue weighted by Crippen LogP contribution is -2.89. The lowest BCUT2D eigenvalue weighted by molar-refractivity contribution is -0.657. The molecule has 0 saturated carbocycles. The van der Waals surface area contributed by atoms with Crippen molar-refractivity contribution in [1.29, 1.82) is 0 Å². The number of hydrogen-bond donors (Lipinski definition) is 3. The van der Waals surface area contributed by atoms with E-state index in [0.29, 0.717) is 0 Å². The maximum Gasteiger partial charge on any atom is 0.387 e. The minimum absolute atomic E-state index is 0.0338. The molecule has 1 aliphatic rings. The van der Waals surface area contributed by atoms with Crippen molar-refractivity contribution < 1.29 is 38.6 Å². The topological polar surface area (TPSA) is 129 Å². The molecule has 2 rings (SSSR count). The zero-order valence-corrected chi connectivity index (χ0v) is 13.2. The van der Waals surface area contributed by atoms with E-state index in [1.54, 1.807) is 0 Å². The van der Waals surface area contributed by atoms with Gasteiger partial charge in [0, 0.05) is 17.9 Å². The molecule has 1 aromatic rings. The van der Waals surface area contributed by atoms with E-state index in [1.165, 1.54) is 0 Å². The van der Waals surface area contributed by atoms with Gasteiger partial charge >= 0.3 is 6.61 Å². The van der Waals surface area contributed by atoms with Crippen LogP contribution in [0.25, 0.3) is 0 Å². The van der Waals surface area contributed by atoms with E-state index >= 15 is 0 Å². The van der Waals surface area contributed by atoms with Gasteiger partial charge in [-0.2, -0.15) is 8.78 Å². The van der Waals surface area contributed by atoms with Crippen LogP contribution in [0.3, 0.4) is 0 Å². The molecule has 24 heavy (non-hydrogen) atoms. The summed E-state index contributed by atoms with van der Waals surface area (Å²) in [6.45, 7) is -2.00. The molecular formula is C14H17ClF2N2O5. The molecule has 0 spiro atoms. The van der Waals surface area contributed by atoms with E-state index < -0.39 is 18.7 Å². The minimum Gasteiger partial charge on any atom is -0.547 e. The molecule has 134 valence electrons. The fraction of sp³-hybridized carbons (Fsp3) is 0.429. The predicted molar refractivity (Wildman–Crippen MR) is 77.1 cm³/mol. The van der Waals surface area contributed by atoms with Gasteiger partial charge in [-0.15, -0.1) is 0 Å². The molecule has 0 unspecified atom stereocenters. The summed E-state index contributed by atoms with van der Waals surface area (Å²) in [6, 6.07) is 3.20. The lowest BCUT2D eigenvalue weighted by Gasteiger charge is -2.13. The molecule has 1 saturated heterocycles. The Labute approximate surface area is 141 Å². The van der Waals surface area contributed by atoms with Crippen molar-refractivity contribution in [3.63, 3.8) is 0 Å². The molecule has 0 bridgehead atoms. The van der Waals surface area contributed by atoms with Crippen molar-refractivity contribution in [2.45, 2.75) is 31.6 Å². The van der Waals surface area contributed by atoms with Crippen molar-refractivity contribution >= 4 is 23.5 Å². The van der Waals surface area contributed by atoms with Gasteiger partial charge in [-0.1, -0.05) is 11.6 Å². The van der Waals surface area contributed by atoms with Crippen molar-refractivity contribution in [3.05, 3.63) is 28.8 Å². The number of quaternary nitrogens is 1. The van der Waals surface area contributed by atoms with Crippen LogP contribution in [0.15, 0.2) is 18.2 Å². The summed E-state index contributed by atoms with van der Waals surface area (Å²) in [5.74, 6) is -2.26. The van der Waals surface area contributed by atoms with Gasteiger partial charge in [0.05, 0.1) is 12.5 Å². The number of amides is 1. The summed E-state index contributed by atoms with van der Waals surface area (Å²) < 4.78 is 27.8. The molecule has 1 fully saturated rings. The van der Waals surface area contributed by atoms with Crippen molar-refractivity contribution in [2.75, 3.05) is 6.54 Å². The van der Waals surface area contributed by atoms with Gasteiger partial charge in [-0.25, -0.2) is 0 Å². The van der Waals surface area contributed by atoms with Gasteiger partial charge in [-0.05, 0) is 23.8 Å². The fourth-order valence-corrected chi connectivity index (χ4v) is 2.32. The minimum atomic E-state index is -3.06. The third kappa shape index (κ3) is 6.65. The van der Waals surface area contributed by atoms with E-state index in [4.69, 9.17) is 22.4 Å². The Morgan fingerprint density at radius 3 is 2.50 bits per heavy atom. The number of carboxylic acid groups (broad SMARTS) is 1. The van der Waals surface area contributed by atoms with E-state index in [2.05, 4.69) is 4.74 Å². The molecule has 1 amide bonds. The molecule has 1 aromatic carbocycles.